The Bertz CT molecular complexity index is 131. The summed E-state index contributed by atoms with van der Waals surface area (Å²) in [6, 6.07) is 0. The highest BCUT2D eigenvalue weighted by Crippen LogP contribution is 2.41. The third-order valence-corrected chi connectivity index (χ3v) is 70.4. The predicted octanol–water partition coefficient (Wildman–Crippen LogP) is 3.99. The lowest BCUT2D eigenvalue weighted by Gasteiger charge is -2.27. The molecule has 0 spiro atoms. The Balaban J connectivity index is 4.75. The van der Waals surface area contributed by atoms with Crippen LogP contribution in [0.25, 0.3) is 0 Å². The molecule has 0 atom stereocenters. The molecule has 72 valence electrons. The Morgan fingerprint density at radius 1 is 0.583 bits per heavy atom. The molecule has 12 heavy (non-hydrogen) atoms. The minimum Gasteiger partial charge on any atom is -0.148 e. The van der Waals surface area contributed by atoms with Crippen molar-refractivity contribution in [3.8, 4) is 0 Å². The zero-order valence-electron chi connectivity index (χ0n) is 5.02. The molecule has 0 heterocycles. The Kier molecular flexibility index (Phi) is 6.96. The maximum absolute atomic E-state index is 5.90. The quantitative estimate of drug-likeness (QED) is 0.500. The summed E-state index contributed by atoms with van der Waals surface area (Å²) in [6.07, 6.45) is 0. The standard InChI is InChI=1S/Cl8Si4/c1-9(2)11(5,6)12(7,8)10(3)4. The molecule has 0 N–H and O–H groups in total. The third kappa shape index (κ3) is 3.35. The van der Waals surface area contributed by atoms with Crippen molar-refractivity contribution < 1.29 is 0 Å². The van der Waals surface area contributed by atoms with Crippen LogP contribution < -0.4 is 0 Å². The lowest BCUT2D eigenvalue weighted by atomic mass is 26.3. The predicted molar refractivity (Wildman–Crippen MR) is 69.8 cm³/mol. The van der Waals surface area contributed by atoms with Crippen LogP contribution in [0, 0.1) is 0 Å². The summed E-state index contributed by atoms with van der Waals surface area (Å²) < 4.78 is 0. The second kappa shape index (κ2) is 5.50. The lowest BCUT2D eigenvalue weighted by Crippen LogP contribution is -2.60. The van der Waals surface area contributed by atoms with Gasteiger partial charge in [-0.05, 0) is 0 Å². The fraction of sp³-hybridized carbons (Fsp3) is 0. The van der Waals surface area contributed by atoms with E-state index in [-0.39, 0.29) is 0 Å². The van der Waals surface area contributed by atoms with Gasteiger partial charge in [-0.25, -0.2) is 0 Å². The van der Waals surface area contributed by atoms with Gasteiger partial charge in [0.2, 0.25) is 0 Å². The van der Waals surface area contributed by atoms with Crippen LogP contribution >= 0.6 is 88.6 Å². The topological polar surface area (TPSA) is 0 Å². The average molecular weight is 396 g/mol. The number of halogens is 8. The molecule has 0 aliphatic heterocycles. The van der Waals surface area contributed by atoms with E-state index in [1.807, 2.05) is 0 Å². The van der Waals surface area contributed by atoms with Crippen molar-refractivity contribution >= 4 is 114 Å². The Hall–Kier alpha value is 3.19. The molecule has 12 heteroatoms. The number of hydrogen-bond donors (Lipinski definition) is 0. The van der Waals surface area contributed by atoms with E-state index in [0.29, 0.717) is 0 Å². The van der Waals surface area contributed by atoms with Gasteiger partial charge in [0.25, 0.3) is 25.3 Å². The molecule has 2 radical (unpaired) electrons. The monoisotopic (exact) mass is 392 g/mol. The zero-order chi connectivity index (χ0) is 10.2. The van der Waals surface area contributed by atoms with E-state index < -0.39 is 25.3 Å². The van der Waals surface area contributed by atoms with Gasteiger partial charge in [-0.1, -0.05) is 0 Å². The Labute approximate surface area is 113 Å². The van der Waals surface area contributed by atoms with E-state index >= 15 is 0 Å². The second-order valence-corrected chi connectivity index (χ2v) is 45.1. The zero-order valence-corrected chi connectivity index (χ0v) is 15.1. The largest absolute Gasteiger partial charge is 0.295 e. The first-order chi connectivity index (χ1) is 5.14. The first kappa shape index (κ1) is 15.2. The van der Waals surface area contributed by atoms with E-state index in [9.17, 15) is 0 Å². The highest BCUT2D eigenvalue weighted by atomic mass is 35.8. The first-order valence-corrected chi connectivity index (χ1v) is 20.4. The molecule has 0 saturated carbocycles. The van der Waals surface area contributed by atoms with Crippen molar-refractivity contribution in [1.82, 2.24) is 0 Å². The summed E-state index contributed by atoms with van der Waals surface area (Å²) >= 11 is 46.1. The Morgan fingerprint density at radius 2 is 0.750 bits per heavy atom. The van der Waals surface area contributed by atoms with Crippen LogP contribution in [-0.2, 0) is 0 Å². The van der Waals surface area contributed by atoms with E-state index in [2.05, 4.69) is 0 Å². The summed E-state index contributed by atoms with van der Waals surface area (Å²) in [5.41, 5.74) is -6.09. The minimum absolute atomic E-state index is 1.94. The molecular weight excluding hydrogens is 396 g/mol. The van der Waals surface area contributed by atoms with Crippen LogP contribution in [0.1, 0.15) is 0 Å². The van der Waals surface area contributed by atoms with E-state index in [1.54, 1.807) is 0 Å². The van der Waals surface area contributed by atoms with Crippen molar-refractivity contribution in [3.63, 3.8) is 0 Å². The molecule has 0 fully saturated rings. The van der Waals surface area contributed by atoms with Crippen molar-refractivity contribution in [2.24, 2.45) is 0 Å². The Morgan fingerprint density at radius 3 is 0.833 bits per heavy atom. The fourth-order valence-electron chi connectivity index (χ4n) is 0.237. The lowest BCUT2D eigenvalue weighted by molar-refractivity contribution is 3.34. The van der Waals surface area contributed by atoms with Crippen LogP contribution in [0.2, 0.25) is 0 Å². The number of hydrogen-bond acceptors (Lipinski definition) is 0. The summed E-state index contributed by atoms with van der Waals surface area (Å²) in [4.78, 5) is 0. The fourth-order valence-corrected chi connectivity index (χ4v) is 57.7. The van der Waals surface area contributed by atoms with Crippen molar-refractivity contribution in [2.45, 2.75) is 0 Å². The third-order valence-electron chi connectivity index (χ3n) is 0.869. The van der Waals surface area contributed by atoms with Crippen molar-refractivity contribution in [3.05, 3.63) is 0 Å². The van der Waals surface area contributed by atoms with Gasteiger partial charge in [-0.3, -0.25) is 0 Å². The number of rotatable bonds is 3. The molecule has 0 amide bonds. The summed E-state index contributed by atoms with van der Waals surface area (Å²) in [7, 11) is 0. The maximum atomic E-state index is 5.90. The SMILES string of the molecule is Cl[Si](Cl)[Si](Cl)(Cl)[Si](Cl)(Cl)[Si](Cl)Cl. The normalized spacial score (nSPS) is 14.5. The molecule has 0 bridgehead atoms. The average Bonchev–Trinajstić information content (AvgIpc) is 1.86. The molecule has 0 nitrogen and oxygen atoms in total. The van der Waals surface area contributed by atoms with Crippen LogP contribution in [-0.4, -0.2) is 25.3 Å². The molecule has 0 rings (SSSR count). The second-order valence-electron chi connectivity index (χ2n) is 1.67. The molecule has 0 aliphatic rings. The van der Waals surface area contributed by atoms with Gasteiger partial charge in [-0.2, -0.15) is 0 Å². The van der Waals surface area contributed by atoms with Gasteiger partial charge < -0.3 is 0 Å². The van der Waals surface area contributed by atoms with Crippen molar-refractivity contribution in [1.29, 1.82) is 0 Å². The van der Waals surface area contributed by atoms with Crippen LogP contribution in [0.15, 0.2) is 0 Å². The molecular formula is Cl8Si4. The molecule has 0 aromatic carbocycles. The van der Waals surface area contributed by atoms with Crippen LogP contribution in [0.3, 0.4) is 0 Å². The molecule has 0 saturated heterocycles. The first-order valence-electron chi connectivity index (χ1n) is 2.26. The van der Waals surface area contributed by atoms with Crippen LogP contribution in [0.5, 0.6) is 0 Å². The van der Waals surface area contributed by atoms with Gasteiger partial charge in [-0.15, -0.1) is 88.6 Å². The van der Waals surface area contributed by atoms with Gasteiger partial charge in [0.05, 0.1) is 0 Å². The minimum atomic E-state index is -3.04. The molecule has 0 unspecified atom stereocenters. The van der Waals surface area contributed by atoms with Gasteiger partial charge in [0.15, 0.2) is 0 Å². The van der Waals surface area contributed by atoms with Crippen LogP contribution in [0.4, 0.5) is 0 Å². The molecule has 0 aromatic heterocycles. The van der Waals surface area contributed by atoms with E-state index in [4.69, 9.17) is 88.6 Å². The molecule has 0 aromatic rings. The summed E-state index contributed by atoms with van der Waals surface area (Å²) in [5, 5.41) is 0. The van der Waals surface area contributed by atoms with E-state index in [1.165, 1.54) is 0 Å². The highest BCUT2D eigenvalue weighted by Gasteiger charge is 2.64. The van der Waals surface area contributed by atoms with Crippen molar-refractivity contribution in [2.75, 3.05) is 0 Å². The van der Waals surface area contributed by atoms with Gasteiger partial charge >= 0.3 is 0 Å². The van der Waals surface area contributed by atoms with E-state index in [0.717, 1.165) is 0 Å². The van der Waals surface area contributed by atoms with Gasteiger partial charge in [0, 0.05) is 0 Å². The van der Waals surface area contributed by atoms with Gasteiger partial charge in [0.1, 0.15) is 0 Å². The maximum Gasteiger partial charge on any atom is 0.295 e. The smallest absolute Gasteiger partial charge is 0.148 e. The highest BCUT2D eigenvalue weighted by molar-refractivity contribution is 8.22. The molecule has 0 aliphatic carbocycles. The summed E-state index contributed by atoms with van der Waals surface area (Å²) in [6.45, 7) is -3.89. The summed E-state index contributed by atoms with van der Waals surface area (Å²) in [5.74, 6) is 0.